The van der Waals surface area contributed by atoms with E-state index in [9.17, 15) is 9.90 Å². The van der Waals surface area contributed by atoms with E-state index in [2.05, 4.69) is 15.6 Å². The van der Waals surface area contributed by atoms with Crippen molar-refractivity contribution in [2.45, 2.75) is 6.92 Å². The standard InChI is InChI=1S/C22H17N3O3S2/c1-13-11-14(23-22(29)25-19(26)9-8-15-5-4-10-28-15)12-16(20(13)27)21-24-17-6-2-3-7-18(17)30-21/h2-12,27H,1H3,(H2,23,25,26,29)/b9-8+. The number of aryl methyl sites for hydroxylation is 1. The van der Waals surface area contributed by atoms with Crippen molar-refractivity contribution < 1.29 is 14.3 Å². The number of benzene rings is 2. The van der Waals surface area contributed by atoms with Crippen LogP contribution < -0.4 is 10.6 Å². The van der Waals surface area contributed by atoms with E-state index in [0.717, 1.165) is 10.2 Å². The van der Waals surface area contributed by atoms with Crippen molar-refractivity contribution in [1.82, 2.24) is 10.3 Å². The van der Waals surface area contributed by atoms with Crippen LogP contribution in [0.25, 0.3) is 26.9 Å². The molecular weight excluding hydrogens is 418 g/mol. The molecule has 0 aliphatic rings. The number of carbonyl (C=O) groups excluding carboxylic acids is 1. The Bertz CT molecular complexity index is 1230. The third kappa shape index (κ3) is 4.40. The van der Waals surface area contributed by atoms with Crippen molar-refractivity contribution in [2.75, 3.05) is 5.32 Å². The molecule has 0 aliphatic heterocycles. The van der Waals surface area contributed by atoms with Gasteiger partial charge in [-0.25, -0.2) is 4.98 Å². The highest BCUT2D eigenvalue weighted by molar-refractivity contribution is 7.80. The van der Waals surface area contributed by atoms with Gasteiger partial charge in [-0.05, 0) is 67.2 Å². The van der Waals surface area contributed by atoms with Gasteiger partial charge in [-0.2, -0.15) is 0 Å². The summed E-state index contributed by atoms with van der Waals surface area (Å²) >= 11 is 6.74. The molecule has 0 aliphatic carbocycles. The first-order valence-corrected chi connectivity index (χ1v) is 10.2. The molecule has 0 saturated heterocycles. The Labute approximate surface area is 181 Å². The van der Waals surface area contributed by atoms with Crippen molar-refractivity contribution >= 4 is 56.6 Å². The Kier molecular flexibility index (Phi) is 5.60. The lowest BCUT2D eigenvalue weighted by molar-refractivity contribution is -0.115. The van der Waals surface area contributed by atoms with Crippen LogP contribution in [-0.4, -0.2) is 21.1 Å². The van der Waals surface area contributed by atoms with Gasteiger partial charge >= 0.3 is 0 Å². The van der Waals surface area contributed by atoms with E-state index in [-0.39, 0.29) is 16.8 Å². The molecule has 0 saturated carbocycles. The molecule has 0 bridgehead atoms. The number of aromatic nitrogens is 1. The normalized spacial score (nSPS) is 11.1. The van der Waals surface area contributed by atoms with Crippen LogP contribution in [0.2, 0.25) is 0 Å². The minimum atomic E-state index is -0.384. The van der Waals surface area contributed by atoms with E-state index in [1.807, 2.05) is 24.3 Å². The minimum absolute atomic E-state index is 0.143. The molecule has 0 fully saturated rings. The van der Waals surface area contributed by atoms with Gasteiger partial charge in [-0.1, -0.05) is 12.1 Å². The number of amides is 1. The third-order valence-corrected chi connectivity index (χ3v) is 5.54. The summed E-state index contributed by atoms with van der Waals surface area (Å²) in [7, 11) is 0. The second kappa shape index (κ2) is 8.48. The fourth-order valence-corrected chi connectivity index (χ4v) is 4.06. The number of aromatic hydroxyl groups is 1. The zero-order chi connectivity index (χ0) is 21.1. The van der Waals surface area contributed by atoms with Gasteiger partial charge in [-0.15, -0.1) is 11.3 Å². The summed E-state index contributed by atoms with van der Waals surface area (Å²) in [5.74, 6) is 0.348. The largest absolute Gasteiger partial charge is 0.507 e. The van der Waals surface area contributed by atoms with Crippen LogP contribution in [0.5, 0.6) is 5.75 Å². The summed E-state index contributed by atoms with van der Waals surface area (Å²) in [6.45, 7) is 1.80. The average Bonchev–Trinajstić information content (AvgIpc) is 3.38. The van der Waals surface area contributed by atoms with Gasteiger partial charge in [0.15, 0.2) is 5.11 Å². The van der Waals surface area contributed by atoms with Gasteiger partial charge in [-0.3, -0.25) is 10.1 Å². The number of thiocarbonyl (C=S) groups is 1. The predicted molar refractivity (Wildman–Crippen MR) is 124 cm³/mol. The molecule has 2 heterocycles. The van der Waals surface area contributed by atoms with E-state index in [1.54, 1.807) is 37.3 Å². The van der Waals surface area contributed by atoms with Crippen LogP contribution in [-0.2, 0) is 4.79 Å². The number of phenolic OH excluding ortho intramolecular Hbond substituents is 1. The Morgan fingerprint density at radius 1 is 1.23 bits per heavy atom. The van der Waals surface area contributed by atoms with Crippen LogP contribution >= 0.6 is 23.6 Å². The van der Waals surface area contributed by atoms with Crippen LogP contribution in [0.4, 0.5) is 5.69 Å². The molecule has 2 aromatic heterocycles. The van der Waals surface area contributed by atoms with Crippen molar-refractivity contribution in [3.05, 3.63) is 72.2 Å². The number of carbonyl (C=O) groups is 1. The SMILES string of the molecule is Cc1cc(NC(=S)NC(=O)/C=C/c2ccco2)cc(-c2nc3ccccc3s2)c1O. The minimum Gasteiger partial charge on any atom is -0.507 e. The highest BCUT2D eigenvalue weighted by atomic mass is 32.1. The molecule has 6 nitrogen and oxygen atoms in total. The van der Waals surface area contributed by atoms with E-state index >= 15 is 0 Å². The molecule has 30 heavy (non-hydrogen) atoms. The van der Waals surface area contributed by atoms with E-state index in [0.29, 0.717) is 27.6 Å². The van der Waals surface area contributed by atoms with Crippen molar-refractivity contribution in [3.8, 4) is 16.3 Å². The monoisotopic (exact) mass is 435 g/mol. The zero-order valence-electron chi connectivity index (χ0n) is 15.9. The number of furan rings is 1. The fraction of sp³-hybridized carbons (Fsp3) is 0.0455. The first-order chi connectivity index (χ1) is 14.5. The van der Waals surface area contributed by atoms with Gasteiger partial charge in [0.25, 0.3) is 0 Å². The van der Waals surface area contributed by atoms with Crippen LogP contribution in [0.15, 0.2) is 65.3 Å². The van der Waals surface area contributed by atoms with Crippen molar-refractivity contribution in [2.24, 2.45) is 0 Å². The maximum atomic E-state index is 12.0. The molecule has 0 spiro atoms. The first-order valence-electron chi connectivity index (χ1n) is 9.03. The lowest BCUT2D eigenvalue weighted by Crippen LogP contribution is -2.32. The second-order valence-electron chi connectivity index (χ2n) is 6.47. The molecule has 1 amide bonds. The molecule has 4 aromatic rings. The second-order valence-corrected chi connectivity index (χ2v) is 7.91. The number of anilines is 1. The molecule has 4 rings (SSSR count). The van der Waals surface area contributed by atoms with E-state index < -0.39 is 0 Å². The summed E-state index contributed by atoms with van der Waals surface area (Å²) in [5.41, 5.74) is 2.78. The maximum Gasteiger partial charge on any atom is 0.250 e. The predicted octanol–water partition coefficient (Wildman–Crippen LogP) is 5.10. The Hall–Kier alpha value is -3.49. The smallest absolute Gasteiger partial charge is 0.250 e. The van der Waals surface area contributed by atoms with Gasteiger partial charge in [0.05, 0.1) is 22.0 Å². The number of phenols is 1. The number of para-hydroxylation sites is 1. The van der Waals surface area contributed by atoms with Gasteiger partial charge in [0.1, 0.15) is 16.5 Å². The lowest BCUT2D eigenvalue weighted by Gasteiger charge is -2.12. The number of hydrogen-bond acceptors (Lipinski definition) is 6. The van der Waals surface area contributed by atoms with Crippen LogP contribution in [0.1, 0.15) is 11.3 Å². The van der Waals surface area contributed by atoms with Gasteiger partial charge in [0, 0.05) is 11.8 Å². The molecule has 0 unspecified atom stereocenters. The molecule has 3 N–H and O–H groups in total. The molecule has 150 valence electrons. The Morgan fingerprint density at radius 3 is 2.83 bits per heavy atom. The Balaban J connectivity index is 1.51. The lowest BCUT2D eigenvalue weighted by atomic mass is 10.1. The Morgan fingerprint density at radius 2 is 2.07 bits per heavy atom. The quantitative estimate of drug-likeness (QED) is 0.235. The van der Waals surface area contributed by atoms with Crippen LogP contribution in [0, 0.1) is 6.92 Å². The average molecular weight is 436 g/mol. The van der Waals surface area contributed by atoms with E-state index in [1.165, 1.54) is 23.7 Å². The number of fused-ring (bicyclic) bond motifs is 1. The highest BCUT2D eigenvalue weighted by Gasteiger charge is 2.14. The van der Waals surface area contributed by atoms with Gasteiger partial charge in [0.2, 0.25) is 5.91 Å². The number of rotatable bonds is 4. The molecular formula is C22H17N3O3S2. The summed E-state index contributed by atoms with van der Waals surface area (Å²) in [5, 5.41) is 17.0. The molecule has 8 heteroatoms. The van der Waals surface area contributed by atoms with Gasteiger partial charge < -0.3 is 14.8 Å². The summed E-state index contributed by atoms with van der Waals surface area (Å²) in [6.07, 6.45) is 4.41. The highest BCUT2D eigenvalue weighted by Crippen LogP contribution is 2.38. The molecule has 0 atom stereocenters. The number of hydrogen-bond donors (Lipinski definition) is 3. The number of nitrogens with zero attached hydrogens (tertiary/aromatic N) is 1. The first kappa shape index (κ1) is 19.8. The topological polar surface area (TPSA) is 87.4 Å². The fourth-order valence-electron chi connectivity index (χ4n) is 2.86. The summed E-state index contributed by atoms with van der Waals surface area (Å²) in [6, 6.07) is 14.8. The third-order valence-electron chi connectivity index (χ3n) is 4.26. The van der Waals surface area contributed by atoms with E-state index in [4.69, 9.17) is 16.6 Å². The zero-order valence-corrected chi connectivity index (χ0v) is 17.5. The summed E-state index contributed by atoms with van der Waals surface area (Å²) < 4.78 is 6.18. The van der Waals surface area contributed by atoms with Crippen molar-refractivity contribution in [1.29, 1.82) is 0 Å². The van der Waals surface area contributed by atoms with Crippen LogP contribution in [0.3, 0.4) is 0 Å². The maximum absolute atomic E-state index is 12.0. The molecule has 2 aromatic carbocycles. The van der Waals surface area contributed by atoms with Crippen molar-refractivity contribution in [3.63, 3.8) is 0 Å². The number of thiazole rings is 1. The molecule has 0 radical (unpaired) electrons. The number of nitrogens with one attached hydrogen (secondary N) is 2. The summed E-state index contributed by atoms with van der Waals surface area (Å²) in [4.78, 5) is 16.6.